The minimum atomic E-state index is 0.689. The van der Waals surface area contributed by atoms with Gasteiger partial charge in [-0.25, -0.2) is 0 Å². The maximum absolute atomic E-state index is 5.12. The maximum Gasteiger partial charge on any atom is 0.203 e. The van der Waals surface area contributed by atoms with E-state index >= 15 is 0 Å². The lowest BCUT2D eigenvalue weighted by molar-refractivity contribution is 0.415. The molecule has 1 heterocycles. The summed E-state index contributed by atoms with van der Waals surface area (Å²) in [5.74, 6) is 1.60. The van der Waals surface area contributed by atoms with Crippen molar-refractivity contribution in [3.8, 4) is 5.75 Å². The number of rotatable bonds is 4. The molecule has 0 aromatic heterocycles. The standard InChI is InChI=1S/C17H16N4OS/c1-22-15-9-7-13(8-10-15)11-18-20-17-21-19-16(12-23-17)14-5-3-2-4-6-14/h2-11H,12H2,1H3,(H,20,21)/b18-11-. The number of nitrogens with zero attached hydrogens (tertiary/aromatic N) is 3. The van der Waals surface area contributed by atoms with Crippen molar-refractivity contribution in [2.24, 2.45) is 15.3 Å². The molecule has 0 aliphatic carbocycles. The summed E-state index contributed by atoms with van der Waals surface area (Å²) in [5.41, 5.74) is 5.97. The second-order valence-corrected chi connectivity index (χ2v) is 5.71. The molecule has 0 atom stereocenters. The fourth-order valence-corrected chi connectivity index (χ4v) is 2.69. The second-order valence-electron chi connectivity index (χ2n) is 4.75. The lowest BCUT2D eigenvalue weighted by atomic mass is 10.1. The Hall–Kier alpha value is -2.60. The number of nitrogens with one attached hydrogen (secondary N) is 1. The number of thioether (sulfide) groups is 1. The van der Waals surface area contributed by atoms with Crippen LogP contribution >= 0.6 is 11.8 Å². The molecular weight excluding hydrogens is 308 g/mol. The summed E-state index contributed by atoms with van der Waals surface area (Å²) in [7, 11) is 1.65. The van der Waals surface area contributed by atoms with Gasteiger partial charge in [0.1, 0.15) is 5.75 Å². The Balaban J connectivity index is 1.59. The van der Waals surface area contributed by atoms with E-state index in [1.807, 2.05) is 54.6 Å². The Labute approximate surface area is 139 Å². The van der Waals surface area contributed by atoms with E-state index in [1.54, 1.807) is 25.1 Å². The van der Waals surface area contributed by atoms with Gasteiger partial charge in [-0.1, -0.05) is 42.1 Å². The fourth-order valence-electron chi connectivity index (χ4n) is 1.98. The first kappa shape index (κ1) is 15.3. The quantitative estimate of drug-likeness (QED) is 0.694. The molecule has 5 nitrogen and oxygen atoms in total. The van der Waals surface area contributed by atoms with Crippen molar-refractivity contribution in [3.05, 3.63) is 65.7 Å². The van der Waals surface area contributed by atoms with E-state index in [2.05, 4.69) is 20.7 Å². The minimum Gasteiger partial charge on any atom is -0.497 e. The number of methoxy groups -OCH3 is 1. The van der Waals surface area contributed by atoms with Crippen molar-refractivity contribution >= 4 is 28.9 Å². The van der Waals surface area contributed by atoms with E-state index in [9.17, 15) is 0 Å². The molecule has 0 fully saturated rings. The first-order chi connectivity index (χ1) is 11.3. The number of hydrogen-bond acceptors (Lipinski definition) is 6. The zero-order chi connectivity index (χ0) is 15.9. The van der Waals surface area contributed by atoms with Crippen molar-refractivity contribution in [2.75, 3.05) is 12.9 Å². The summed E-state index contributed by atoms with van der Waals surface area (Å²) in [4.78, 5) is 0. The molecule has 2 aromatic rings. The van der Waals surface area contributed by atoms with Crippen LogP contribution < -0.4 is 10.2 Å². The first-order valence-corrected chi connectivity index (χ1v) is 8.09. The number of amidine groups is 1. The summed E-state index contributed by atoms with van der Waals surface area (Å²) in [6.07, 6.45) is 1.74. The van der Waals surface area contributed by atoms with E-state index in [0.717, 1.165) is 28.3 Å². The van der Waals surface area contributed by atoms with Gasteiger partial charge in [0, 0.05) is 5.75 Å². The molecule has 0 spiro atoms. The van der Waals surface area contributed by atoms with Crippen LogP contribution in [0, 0.1) is 0 Å². The topological polar surface area (TPSA) is 58.3 Å². The molecule has 1 aliphatic rings. The third kappa shape index (κ3) is 4.20. The summed E-state index contributed by atoms with van der Waals surface area (Å²) >= 11 is 1.58. The average Bonchev–Trinajstić information content (AvgIpc) is 2.64. The Kier molecular flexibility index (Phi) is 5.06. The van der Waals surface area contributed by atoms with E-state index < -0.39 is 0 Å². The van der Waals surface area contributed by atoms with E-state index in [4.69, 9.17) is 4.74 Å². The van der Waals surface area contributed by atoms with Gasteiger partial charge in [0.15, 0.2) is 0 Å². The Morgan fingerprint density at radius 2 is 1.87 bits per heavy atom. The minimum absolute atomic E-state index is 0.689. The van der Waals surface area contributed by atoms with E-state index in [1.165, 1.54) is 0 Å². The highest BCUT2D eigenvalue weighted by Gasteiger charge is 2.11. The van der Waals surface area contributed by atoms with Crippen molar-refractivity contribution in [2.45, 2.75) is 0 Å². The van der Waals surface area contributed by atoms with Gasteiger partial charge in [-0.2, -0.15) is 10.2 Å². The molecule has 0 unspecified atom stereocenters. The van der Waals surface area contributed by atoms with Gasteiger partial charge >= 0.3 is 0 Å². The zero-order valence-corrected chi connectivity index (χ0v) is 13.5. The summed E-state index contributed by atoms with van der Waals surface area (Å²) in [6.45, 7) is 0. The highest BCUT2D eigenvalue weighted by Crippen LogP contribution is 2.14. The van der Waals surface area contributed by atoms with Crippen LogP contribution in [0.15, 0.2) is 69.9 Å². The van der Waals surface area contributed by atoms with Crippen LogP contribution in [0.2, 0.25) is 0 Å². The SMILES string of the molecule is COc1ccc(/C=N\NC2=NN=C(c3ccccc3)CS2)cc1. The van der Waals surface area contributed by atoms with E-state index in [-0.39, 0.29) is 0 Å². The zero-order valence-electron chi connectivity index (χ0n) is 12.6. The fraction of sp³-hybridized carbons (Fsp3) is 0.118. The van der Waals surface area contributed by atoms with Crippen LogP contribution in [0.3, 0.4) is 0 Å². The summed E-state index contributed by atoms with van der Waals surface area (Å²) < 4.78 is 5.12. The molecule has 23 heavy (non-hydrogen) atoms. The lowest BCUT2D eigenvalue weighted by Gasteiger charge is -2.10. The highest BCUT2D eigenvalue weighted by atomic mass is 32.2. The van der Waals surface area contributed by atoms with Gasteiger partial charge in [0.25, 0.3) is 0 Å². The molecule has 0 amide bonds. The maximum atomic E-state index is 5.12. The van der Waals surface area contributed by atoms with Gasteiger partial charge < -0.3 is 4.74 Å². The van der Waals surface area contributed by atoms with Crippen LogP contribution in [0.1, 0.15) is 11.1 Å². The van der Waals surface area contributed by atoms with Gasteiger partial charge in [0.2, 0.25) is 5.17 Å². The predicted molar refractivity (Wildman–Crippen MR) is 96.6 cm³/mol. The molecule has 2 aromatic carbocycles. The molecule has 116 valence electrons. The number of benzene rings is 2. The summed E-state index contributed by atoms with van der Waals surface area (Å²) in [5, 5.41) is 13.3. The number of hydrazone groups is 1. The first-order valence-electron chi connectivity index (χ1n) is 7.11. The summed E-state index contributed by atoms with van der Waals surface area (Å²) in [6, 6.07) is 17.7. The normalized spacial score (nSPS) is 14.3. The third-order valence-corrected chi connectivity index (χ3v) is 4.07. The van der Waals surface area contributed by atoms with Crippen molar-refractivity contribution in [3.63, 3.8) is 0 Å². The smallest absolute Gasteiger partial charge is 0.203 e. The van der Waals surface area contributed by atoms with Crippen molar-refractivity contribution in [1.29, 1.82) is 0 Å². The van der Waals surface area contributed by atoms with Crippen molar-refractivity contribution in [1.82, 2.24) is 5.43 Å². The monoisotopic (exact) mass is 324 g/mol. The largest absolute Gasteiger partial charge is 0.497 e. The van der Waals surface area contributed by atoms with E-state index in [0.29, 0.717) is 5.17 Å². The highest BCUT2D eigenvalue weighted by molar-refractivity contribution is 8.14. The third-order valence-electron chi connectivity index (χ3n) is 3.20. The molecule has 3 rings (SSSR count). The molecule has 0 saturated heterocycles. The van der Waals surface area contributed by atoms with Gasteiger partial charge in [-0.15, -0.1) is 5.10 Å². The molecule has 0 radical (unpaired) electrons. The molecule has 6 heteroatoms. The molecule has 0 saturated carbocycles. The molecular formula is C17H16N4OS. The van der Waals surface area contributed by atoms with Crippen LogP contribution in [0.4, 0.5) is 0 Å². The van der Waals surface area contributed by atoms with Crippen LogP contribution in [-0.2, 0) is 0 Å². The lowest BCUT2D eigenvalue weighted by Crippen LogP contribution is -2.20. The Bertz CT molecular complexity index is 739. The van der Waals surface area contributed by atoms with Crippen molar-refractivity contribution < 1.29 is 4.74 Å². The number of ether oxygens (including phenoxy) is 1. The van der Waals surface area contributed by atoms with Crippen LogP contribution in [-0.4, -0.2) is 30.0 Å². The van der Waals surface area contributed by atoms with Crippen LogP contribution in [0.5, 0.6) is 5.75 Å². The molecule has 0 bridgehead atoms. The second kappa shape index (κ2) is 7.60. The predicted octanol–water partition coefficient (Wildman–Crippen LogP) is 3.13. The van der Waals surface area contributed by atoms with Gasteiger partial charge in [0.05, 0.1) is 19.0 Å². The Morgan fingerprint density at radius 3 is 2.52 bits per heavy atom. The average molecular weight is 324 g/mol. The van der Waals surface area contributed by atoms with Crippen LogP contribution in [0.25, 0.3) is 0 Å². The van der Waals surface area contributed by atoms with Gasteiger partial charge in [-0.3, -0.25) is 5.43 Å². The number of hydrogen-bond donors (Lipinski definition) is 1. The van der Waals surface area contributed by atoms with Gasteiger partial charge in [-0.05, 0) is 35.4 Å². The molecule has 1 aliphatic heterocycles. The Morgan fingerprint density at radius 1 is 1.09 bits per heavy atom. The molecule has 1 N–H and O–H groups in total.